The van der Waals surface area contributed by atoms with Gasteiger partial charge < -0.3 is 18.9 Å². The lowest BCUT2D eigenvalue weighted by molar-refractivity contribution is -0.134. The normalized spacial score (nSPS) is 12.3. The van der Waals surface area contributed by atoms with Gasteiger partial charge in [-0.1, -0.05) is 112 Å². The number of rotatable bonds is 14. The molecule has 5 rings (SSSR count). The zero-order valence-electron chi connectivity index (χ0n) is 28.1. The lowest BCUT2D eigenvalue weighted by Crippen LogP contribution is -2.15. The number of esters is 1. The Balaban J connectivity index is 1.50. The Bertz CT molecular complexity index is 1880. The van der Waals surface area contributed by atoms with Crippen LogP contribution in [0.4, 0.5) is 0 Å². The average Bonchev–Trinajstić information content (AvgIpc) is 3.12. The van der Waals surface area contributed by atoms with Crippen LogP contribution in [0.3, 0.4) is 0 Å². The highest BCUT2D eigenvalue weighted by Gasteiger charge is 2.26. The molecule has 2 unspecified atom stereocenters. The molecule has 0 N–H and O–H groups in total. The fourth-order valence-corrected chi connectivity index (χ4v) is 5.89. The monoisotopic (exact) mass is 656 g/mol. The van der Waals surface area contributed by atoms with Crippen molar-refractivity contribution in [1.29, 1.82) is 0 Å². The van der Waals surface area contributed by atoms with Crippen LogP contribution in [-0.4, -0.2) is 25.5 Å². The molecule has 0 aliphatic carbocycles. The van der Waals surface area contributed by atoms with E-state index in [1.165, 1.54) is 0 Å². The van der Waals surface area contributed by atoms with Crippen molar-refractivity contribution in [2.75, 3.05) is 6.61 Å². The number of ether oxygens (including phenoxy) is 4. The molecule has 0 bridgehead atoms. The topological polar surface area (TPSA) is 88.1 Å². The SMILES string of the molecule is CCOC(=O)c1ccc(-c2cccc(OCc3ccc(C(OC=O)c4ccccc4)c(C(OC=O)c4ccccc4)c3)c2)c(C(C)(C)C)c1. The number of hydrogen-bond donors (Lipinski definition) is 0. The quantitative estimate of drug-likeness (QED) is 0.0670. The third-order valence-corrected chi connectivity index (χ3v) is 8.19. The van der Waals surface area contributed by atoms with Crippen LogP contribution in [0.15, 0.2) is 121 Å². The van der Waals surface area contributed by atoms with Crippen molar-refractivity contribution in [3.05, 3.63) is 160 Å². The van der Waals surface area contributed by atoms with E-state index in [9.17, 15) is 14.4 Å². The summed E-state index contributed by atoms with van der Waals surface area (Å²) in [6.45, 7) is 9.52. The summed E-state index contributed by atoms with van der Waals surface area (Å²) < 4.78 is 22.9. The minimum atomic E-state index is -0.758. The summed E-state index contributed by atoms with van der Waals surface area (Å²) in [5.41, 5.74) is 6.96. The van der Waals surface area contributed by atoms with Gasteiger partial charge in [-0.3, -0.25) is 9.59 Å². The molecule has 0 amide bonds. The Hall–Kier alpha value is -5.69. The molecule has 0 aromatic heterocycles. The van der Waals surface area contributed by atoms with Gasteiger partial charge in [0.05, 0.1) is 12.2 Å². The predicted molar refractivity (Wildman–Crippen MR) is 188 cm³/mol. The van der Waals surface area contributed by atoms with Crippen LogP contribution in [0.5, 0.6) is 5.75 Å². The Morgan fingerprint density at radius 1 is 0.694 bits per heavy atom. The van der Waals surface area contributed by atoms with Gasteiger partial charge in [-0.2, -0.15) is 0 Å². The lowest BCUT2D eigenvalue weighted by atomic mass is 9.81. The highest BCUT2D eigenvalue weighted by molar-refractivity contribution is 5.91. The largest absolute Gasteiger partial charge is 0.489 e. The first-order valence-electron chi connectivity index (χ1n) is 16.2. The van der Waals surface area contributed by atoms with Crippen LogP contribution in [-0.2, 0) is 35.8 Å². The maximum atomic E-state index is 12.5. The smallest absolute Gasteiger partial charge is 0.338 e. The van der Waals surface area contributed by atoms with Crippen LogP contribution in [0.1, 0.15) is 83.6 Å². The molecule has 2 atom stereocenters. The number of benzene rings is 5. The highest BCUT2D eigenvalue weighted by atomic mass is 16.5. The molecule has 0 aliphatic heterocycles. The second kappa shape index (κ2) is 15.9. The van der Waals surface area contributed by atoms with E-state index in [2.05, 4.69) is 20.8 Å². The average molecular weight is 657 g/mol. The summed E-state index contributed by atoms with van der Waals surface area (Å²) in [5.74, 6) is 0.315. The van der Waals surface area contributed by atoms with E-state index in [0.29, 0.717) is 42.0 Å². The first-order chi connectivity index (χ1) is 23.7. The van der Waals surface area contributed by atoms with Crippen molar-refractivity contribution in [3.8, 4) is 16.9 Å². The van der Waals surface area contributed by atoms with Crippen LogP contribution in [0.2, 0.25) is 0 Å². The minimum Gasteiger partial charge on any atom is -0.489 e. The van der Waals surface area contributed by atoms with Crippen molar-refractivity contribution >= 4 is 18.9 Å². The molecular weight excluding hydrogens is 616 g/mol. The molecule has 0 saturated heterocycles. The van der Waals surface area contributed by atoms with Gasteiger partial charge in [0.2, 0.25) is 0 Å². The summed E-state index contributed by atoms with van der Waals surface area (Å²) in [5, 5.41) is 0. The summed E-state index contributed by atoms with van der Waals surface area (Å²) in [6, 6.07) is 38.1. The second-order valence-electron chi connectivity index (χ2n) is 12.6. The molecule has 0 saturated carbocycles. The van der Waals surface area contributed by atoms with E-state index < -0.39 is 12.2 Å². The fraction of sp³-hybridized carbons (Fsp3) is 0.214. The molecule has 0 radical (unpaired) electrons. The fourth-order valence-electron chi connectivity index (χ4n) is 5.89. The standard InChI is InChI=1S/C42H40O7/c1-5-46-41(45)33-20-22-35(38(25-33)42(2,3)4)32-17-12-18-34(24-32)47-26-29-19-21-36(39(48-27-43)30-13-8-6-9-14-30)37(23-29)40(49-28-44)31-15-10-7-11-16-31/h6-25,27-28,39-40H,5,26H2,1-4H3. The lowest BCUT2D eigenvalue weighted by Gasteiger charge is -2.25. The zero-order chi connectivity index (χ0) is 34.8. The summed E-state index contributed by atoms with van der Waals surface area (Å²) in [6.07, 6.45) is -1.49. The van der Waals surface area contributed by atoms with Gasteiger partial charge in [0.15, 0.2) is 12.2 Å². The van der Waals surface area contributed by atoms with Gasteiger partial charge >= 0.3 is 5.97 Å². The van der Waals surface area contributed by atoms with E-state index in [-0.39, 0.29) is 18.0 Å². The second-order valence-corrected chi connectivity index (χ2v) is 12.6. The summed E-state index contributed by atoms with van der Waals surface area (Å²) in [7, 11) is 0. The van der Waals surface area contributed by atoms with Crippen LogP contribution in [0, 0.1) is 0 Å². The summed E-state index contributed by atoms with van der Waals surface area (Å²) in [4.78, 5) is 36.0. The van der Waals surface area contributed by atoms with Gasteiger partial charge in [0.25, 0.3) is 12.9 Å². The van der Waals surface area contributed by atoms with Gasteiger partial charge in [0.1, 0.15) is 12.4 Å². The van der Waals surface area contributed by atoms with Crippen LogP contribution in [0.25, 0.3) is 11.1 Å². The van der Waals surface area contributed by atoms with Gasteiger partial charge in [-0.25, -0.2) is 4.79 Å². The Kier molecular flexibility index (Phi) is 11.3. The van der Waals surface area contributed by atoms with Crippen molar-refractivity contribution in [2.24, 2.45) is 0 Å². The third-order valence-electron chi connectivity index (χ3n) is 8.19. The van der Waals surface area contributed by atoms with E-state index in [1.807, 2.05) is 115 Å². The van der Waals surface area contributed by atoms with E-state index in [1.54, 1.807) is 13.0 Å². The van der Waals surface area contributed by atoms with E-state index in [0.717, 1.165) is 33.4 Å². The van der Waals surface area contributed by atoms with Crippen molar-refractivity contribution in [2.45, 2.75) is 51.9 Å². The highest BCUT2D eigenvalue weighted by Crippen LogP contribution is 2.38. The molecular formula is C42H40O7. The van der Waals surface area contributed by atoms with Crippen molar-refractivity contribution < 1.29 is 33.3 Å². The summed E-state index contributed by atoms with van der Waals surface area (Å²) >= 11 is 0. The zero-order valence-corrected chi connectivity index (χ0v) is 28.1. The van der Waals surface area contributed by atoms with E-state index in [4.69, 9.17) is 18.9 Å². The van der Waals surface area contributed by atoms with Crippen LogP contribution >= 0.6 is 0 Å². The first-order valence-corrected chi connectivity index (χ1v) is 16.2. The Morgan fingerprint density at radius 3 is 1.92 bits per heavy atom. The molecule has 0 aliphatic rings. The molecule has 0 fully saturated rings. The number of carbonyl (C=O) groups is 3. The Morgan fingerprint density at radius 2 is 1.33 bits per heavy atom. The van der Waals surface area contributed by atoms with Crippen LogP contribution < -0.4 is 4.74 Å². The van der Waals surface area contributed by atoms with Crippen molar-refractivity contribution in [3.63, 3.8) is 0 Å². The first kappa shape index (κ1) is 34.6. The molecule has 0 heterocycles. The molecule has 5 aromatic carbocycles. The molecule has 49 heavy (non-hydrogen) atoms. The molecule has 5 aromatic rings. The molecule has 250 valence electrons. The number of hydrogen-bond acceptors (Lipinski definition) is 7. The maximum absolute atomic E-state index is 12.5. The molecule has 7 nitrogen and oxygen atoms in total. The predicted octanol–water partition coefficient (Wildman–Crippen LogP) is 8.93. The minimum absolute atomic E-state index is 0.220. The van der Waals surface area contributed by atoms with Gasteiger partial charge in [0, 0.05) is 11.1 Å². The Labute approximate surface area is 287 Å². The van der Waals surface area contributed by atoms with Gasteiger partial charge in [-0.15, -0.1) is 0 Å². The molecule has 7 heteroatoms. The molecule has 0 spiro atoms. The third kappa shape index (κ3) is 8.43. The maximum Gasteiger partial charge on any atom is 0.338 e. The van der Waals surface area contributed by atoms with Crippen molar-refractivity contribution in [1.82, 2.24) is 0 Å². The van der Waals surface area contributed by atoms with E-state index >= 15 is 0 Å². The number of carbonyl (C=O) groups excluding carboxylic acids is 3. The van der Waals surface area contributed by atoms with Gasteiger partial charge in [-0.05, 0) is 76.1 Å².